The van der Waals surface area contributed by atoms with E-state index in [0.717, 1.165) is 24.0 Å². The molecule has 2 amide bonds. The molecule has 1 N–H and O–H groups in total. The van der Waals surface area contributed by atoms with Gasteiger partial charge in [0.15, 0.2) is 11.6 Å². The predicted molar refractivity (Wildman–Crippen MR) is 95.3 cm³/mol. The number of aryl methyl sites for hydroxylation is 1. The van der Waals surface area contributed by atoms with Crippen molar-refractivity contribution in [1.82, 2.24) is 15.2 Å². The molecule has 1 aliphatic heterocycles. The van der Waals surface area contributed by atoms with Gasteiger partial charge in [-0.25, -0.2) is 9.37 Å². The van der Waals surface area contributed by atoms with Crippen LogP contribution in [0.15, 0.2) is 28.9 Å². The van der Waals surface area contributed by atoms with Crippen LogP contribution < -0.4 is 5.32 Å². The van der Waals surface area contributed by atoms with Crippen molar-refractivity contribution in [3.63, 3.8) is 0 Å². The highest BCUT2D eigenvalue weighted by molar-refractivity contribution is 5.92. The summed E-state index contributed by atoms with van der Waals surface area (Å²) in [5.41, 5.74) is 1.48. The Hall–Kier alpha value is -2.70. The van der Waals surface area contributed by atoms with Crippen molar-refractivity contribution in [3.05, 3.63) is 53.0 Å². The van der Waals surface area contributed by atoms with Gasteiger partial charge in [0, 0.05) is 25.4 Å². The summed E-state index contributed by atoms with van der Waals surface area (Å²) in [7, 11) is 0. The number of carbonyl (C=O) groups is 2. The monoisotopic (exact) mass is 371 g/mol. The number of rotatable bonds is 5. The van der Waals surface area contributed by atoms with Crippen molar-refractivity contribution in [1.29, 1.82) is 0 Å². The van der Waals surface area contributed by atoms with Gasteiger partial charge in [-0.2, -0.15) is 0 Å². The minimum Gasteiger partial charge on any atom is -0.448 e. The second kappa shape index (κ2) is 6.48. The number of aromatic nitrogens is 1. The molecule has 4 rings (SSSR count). The molecule has 1 aromatic heterocycles. The van der Waals surface area contributed by atoms with Crippen LogP contribution in [0, 0.1) is 5.82 Å². The van der Waals surface area contributed by atoms with E-state index in [1.54, 1.807) is 11.0 Å². The topological polar surface area (TPSA) is 75.4 Å². The summed E-state index contributed by atoms with van der Waals surface area (Å²) in [6.07, 6.45) is 3.86. The van der Waals surface area contributed by atoms with Crippen LogP contribution in [0.1, 0.15) is 60.6 Å². The molecule has 142 valence electrons. The second-order valence-corrected chi connectivity index (χ2v) is 7.71. The third-order valence-electron chi connectivity index (χ3n) is 5.29. The number of oxazole rings is 1. The summed E-state index contributed by atoms with van der Waals surface area (Å²) in [4.78, 5) is 30.6. The minimum atomic E-state index is -0.569. The number of carbonyl (C=O) groups excluding carboxylic acids is 2. The standard InChI is InChI=1S/C20H22FN3O3/c1-20(2)15-9-13(21)4-3-12(15)10-24(20)18(25)8-7-17-23-16(11-27-17)19(26)22-14-5-6-14/h3-4,9,11,14H,5-8,10H2,1-2H3,(H,22,26). The molecule has 0 bridgehead atoms. The summed E-state index contributed by atoms with van der Waals surface area (Å²) in [6.45, 7) is 4.30. The maximum Gasteiger partial charge on any atom is 0.273 e. The van der Waals surface area contributed by atoms with Crippen LogP contribution >= 0.6 is 0 Å². The Labute approximate surface area is 156 Å². The number of fused-ring (bicyclic) bond motifs is 1. The van der Waals surface area contributed by atoms with Crippen molar-refractivity contribution in [2.24, 2.45) is 0 Å². The van der Waals surface area contributed by atoms with Gasteiger partial charge in [-0.3, -0.25) is 9.59 Å². The van der Waals surface area contributed by atoms with Gasteiger partial charge >= 0.3 is 0 Å². The van der Waals surface area contributed by atoms with Gasteiger partial charge in [-0.15, -0.1) is 0 Å². The molecule has 27 heavy (non-hydrogen) atoms. The van der Waals surface area contributed by atoms with Crippen LogP contribution in [-0.2, 0) is 23.3 Å². The molecule has 0 atom stereocenters. The lowest BCUT2D eigenvalue weighted by Crippen LogP contribution is -2.40. The minimum absolute atomic E-state index is 0.0567. The zero-order chi connectivity index (χ0) is 19.2. The van der Waals surface area contributed by atoms with Gasteiger partial charge in [0.1, 0.15) is 12.1 Å². The Morgan fingerprint density at radius 1 is 1.37 bits per heavy atom. The van der Waals surface area contributed by atoms with E-state index in [1.807, 2.05) is 13.8 Å². The van der Waals surface area contributed by atoms with E-state index >= 15 is 0 Å². The third kappa shape index (κ3) is 3.46. The molecule has 0 unspecified atom stereocenters. The van der Waals surface area contributed by atoms with Crippen LogP contribution in [0.5, 0.6) is 0 Å². The maximum absolute atomic E-state index is 13.6. The molecule has 0 radical (unpaired) electrons. The van der Waals surface area contributed by atoms with Crippen LogP contribution in [-0.4, -0.2) is 27.7 Å². The number of halogens is 1. The average molecular weight is 371 g/mol. The summed E-state index contributed by atoms with van der Waals surface area (Å²) >= 11 is 0. The molecule has 6 nitrogen and oxygen atoms in total. The molecule has 7 heteroatoms. The molecule has 1 fully saturated rings. The van der Waals surface area contributed by atoms with E-state index in [0.29, 0.717) is 18.9 Å². The molecular formula is C20H22FN3O3. The normalized spacial score (nSPS) is 17.7. The van der Waals surface area contributed by atoms with Crippen LogP contribution in [0.3, 0.4) is 0 Å². The lowest BCUT2D eigenvalue weighted by Gasteiger charge is -2.32. The lowest BCUT2D eigenvalue weighted by molar-refractivity contribution is -0.136. The molecule has 2 aliphatic rings. The highest BCUT2D eigenvalue weighted by atomic mass is 19.1. The van der Waals surface area contributed by atoms with E-state index in [2.05, 4.69) is 10.3 Å². The predicted octanol–water partition coefficient (Wildman–Crippen LogP) is 2.92. The summed E-state index contributed by atoms with van der Waals surface area (Å²) < 4.78 is 18.9. The van der Waals surface area contributed by atoms with Gasteiger partial charge < -0.3 is 14.6 Å². The third-order valence-corrected chi connectivity index (χ3v) is 5.29. The second-order valence-electron chi connectivity index (χ2n) is 7.71. The van der Waals surface area contributed by atoms with E-state index in [1.165, 1.54) is 18.4 Å². The summed E-state index contributed by atoms with van der Waals surface area (Å²) in [5.74, 6) is -0.228. The van der Waals surface area contributed by atoms with Crippen LogP contribution in [0.4, 0.5) is 4.39 Å². The van der Waals surface area contributed by atoms with Crippen molar-refractivity contribution in [2.45, 2.75) is 57.7 Å². The van der Waals surface area contributed by atoms with E-state index in [4.69, 9.17) is 4.42 Å². The average Bonchev–Trinajstić information content (AvgIpc) is 3.23. The van der Waals surface area contributed by atoms with Gasteiger partial charge in [0.05, 0.1) is 5.54 Å². The van der Waals surface area contributed by atoms with Gasteiger partial charge in [0.2, 0.25) is 5.91 Å². The largest absolute Gasteiger partial charge is 0.448 e. The van der Waals surface area contributed by atoms with Gasteiger partial charge in [-0.1, -0.05) is 6.07 Å². The van der Waals surface area contributed by atoms with Gasteiger partial charge in [-0.05, 0) is 49.9 Å². The van der Waals surface area contributed by atoms with Crippen LogP contribution in [0.25, 0.3) is 0 Å². The summed E-state index contributed by atoms with van der Waals surface area (Å²) in [6, 6.07) is 4.91. The van der Waals surface area contributed by atoms with Crippen LogP contribution in [0.2, 0.25) is 0 Å². The van der Waals surface area contributed by atoms with Crippen molar-refractivity contribution >= 4 is 11.8 Å². The molecule has 0 saturated heterocycles. The van der Waals surface area contributed by atoms with E-state index < -0.39 is 5.54 Å². The zero-order valence-electron chi connectivity index (χ0n) is 15.4. The maximum atomic E-state index is 13.6. The Balaban J connectivity index is 1.38. The first-order valence-corrected chi connectivity index (χ1v) is 9.19. The zero-order valence-corrected chi connectivity index (χ0v) is 15.4. The summed E-state index contributed by atoms with van der Waals surface area (Å²) in [5, 5.41) is 2.85. The molecule has 2 aromatic rings. The Kier molecular flexibility index (Phi) is 4.25. The van der Waals surface area contributed by atoms with Crippen molar-refractivity contribution in [2.75, 3.05) is 0 Å². The molecule has 1 aliphatic carbocycles. The SMILES string of the molecule is CC1(C)c2cc(F)ccc2CN1C(=O)CCc1nc(C(=O)NC2CC2)co1. The molecule has 0 spiro atoms. The fraction of sp³-hybridized carbons (Fsp3) is 0.450. The quantitative estimate of drug-likeness (QED) is 0.877. The smallest absolute Gasteiger partial charge is 0.273 e. The van der Waals surface area contributed by atoms with Gasteiger partial charge in [0.25, 0.3) is 5.91 Å². The lowest BCUT2D eigenvalue weighted by atomic mass is 9.93. The Bertz CT molecular complexity index is 902. The van der Waals surface area contributed by atoms with E-state index in [-0.39, 0.29) is 35.8 Å². The highest BCUT2D eigenvalue weighted by Crippen LogP contribution is 2.39. The first kappa shape index (κ1) is 17.7. The first-order valence-electron chi connectivity index (χ1n) is 9.19. The number of nitrogens with one attached hydrogen (secondary N) is 1. The Morgan fingerprint density at radius 3 is 2.89 bits per heavy atom. The first-order chi connectivity index (χ1) is 12.8. The number of hydrogen-bond acceptors (Lipinski definition) is 4. The van der Waals surface area contributed by atoms with Crippen molar-refractivity contribution < 1.29 is 18.4 Å². The fourth-order valence-electron chi connectivity index (χ4n) is 3.54. The Morgan fingerprint density at radius 2 is 2.15 bits per heavy atom. The number of nitrogens with zero attached hydrogens (tertiary/aromatic N) is 2. The van der Waals surface area contributed by atoms with Crippen molar-refractivity contribution in [3.8, 4) is 0 Å². The van der Waals surface area contributed by atoms with E-state index in [9.17, 15) is 14.0 Å². The molecule has 1 saturated carbocycles. The highest BCUT2D eigenvalue weighted by Gasteiger charge is 2.40. The number of amides is 2. The number of benzene rings is 1. The molecule has 1 aromatic carbocycles. The molecular weight excluding hydrogens is 349 g/mol. The fourth-order valence-corrected chi connectivity index (χ4v) is 3.54. The molecule has 2 heterocycles. The number of hydrogen-bond donors (Lipinski definition) is 1.